The summed E-state index contributed by atoms with van der Waals surface area (Å²) in [6.07, 6.45) is 1.70. The molecule has 2 nitrogen and oxygen atoms in total. The molecule has 0 aliphatic rings. The van der Waals surface area contributed by atoms with Crippen LogP contribution in [-0.2, 0) is 6.54 Å². The van der Waals surface area contributed by atoms with E-state index >= 15 is 0 Å². The van der Waals surface area contributed by atoms with Crippen molar-refractivity contribution in [2.24, 2.45) is 0 Å². The fraction of sp³-hybridized carbons (Fsp3) is 0.0667. The second-order valence-corrected chi connectivity index (χ2v) is 5.06. The number of furan rings is 1. The van der Waals surface area contributed by atoms with E-state index in [9.17, 15) is 4.39 Å². The van der Waals surface area contributed by atoms with Crippen LogP contribution in [0.2, 0.25) is 0 Å². The third-order valence-electron chi connectivity index (χ3n) is 2.98. The molecule has 0 aliphatic heterocycles. The zero-order chi connectivity index (χ0) is 13.2. The highest BCUT2D eigenvalue weighted by molar-refractivity contribution is 9.10. The monoisotopic (exact) mass is 319 g/mol. The molecule has 0 saturated carbocycles. The van der Waals surface area contributed by atoms with E-state index in [-0.39, 0.29) is 5.82 Å². The summed E-state index contributed by atoms with van der Waals surface area (Å²) >= 11 is 3.34. The Morgan fingerprint density at radius 1 is 1.11 bits per heavy atom. The molecule has 96 valence electrons. The molecule has 0 aliphatic carbocycles. The lowest BCUT2D eigenvalue weighted by molar-refractivity contribution is 0.610. The molecule has 1 N–H and O–H groups in total. The Morgan fingerprint density at radius 2 is 1.95 bits per heavy atom. The largest absolute Gasteiger partial charge is 0.464 e. The molecule has 3 aromatic rings. The van der Waals surface area contributed by atoms with Crippen LogP contribution in [0.1, 0.15) is 5.56 Å². The molecule has 0 bridgehead atoms. The molecule has 0 amide bonds. The van der Waals surface area contributed by atoms with E-state index in [1.807, 2.05) is 24.3 Å². The van der Waals surface area contributed by atoms with Crippen LogP contribution in [0.5, 0.6) is 0 Å². The van der Waals surface area contributed by atoms with E-state index in [2.05, 4.69) is 21.2 Å². The topological polar surface area (TPSA) is 25.2 Å². The number of hydrogen-bond acceptors (Lipinski definition) is 2. The first-order valence-electron chi connectivity index (χ1n) is 5.88. The highest BCUT2D eigenvalue weighted by Gasteiger charge is 2.08. The van der Waals surface area contributed by atoms with Gasteiger partial charge in [0.05, 0.1) is 12.0 Å². The molecule has 19 heavy (non-hydrogen) atoms. The molecule has 3 rings (SSSR count). The van der Waals surface area contributed by atoms with E-state index in [1.165, 1.54) is 6.07 Å². The number of fused-ring (bicyclic) bond motifs is 1. The van der Waals surface area contributed by atoms with Crippen molar-refractivity contribution >= 4 is 32.6 Å². The maximum Gasteiger partial charge on any atom is 0.147 e. The Balaban J connectivity index is 1.87. The van der Waals surface area contributed by atoms with E-state index in [4.69, 9.17) is 4.42 Å². The van der Waals surface area contributed by atoms with Gasteiger partial charge < -0.3 is 9.73 Å². The Morgan fingerprint density at radius 3 is 2.79 bits per heavy atom. The molecular formula is C15H11BrFNO. The summed E-state index contributed by atoms with van der Waals surface area (Å²) in [6.45, 7) is 0.510. The zero-order valence-electron chi connectivity index (χ0n) is 9.99. The van der Waals surface area contributed by atoms with Gasteiger partial charge in [0.25, 0.3) is 0 Å². The smallest absolute Gasteiger partial charge is 0.147 e. The Hall–Kier alpha value is -1.81. The fourth-order valence-corrected chi connectivity index (χ4v) is 2.50. The van der Waals surface area contributed by atoms with Crippen molar-refractivity contribution in [3.63, 3.8) is 0 Å². The first kappa shape index (κ1) is 12.2. The van der Waals surface area contributed by atoms with Crippen LogP contribution in [0.15, 0.2) is 57.6 Å². The average Bonchev–Trinajstić information content (AvgIpc) is 2.82. The SMILES string of the molecule is Fc1cccc(Br)c1NCc1coc2ccccc12. The van der Waals surface area contributed by atoms with Crippen molar-refractivity contribution in [1.82, 2.24) is 0 Å². The molecule has 0 spiro atoms. The van der Waals surface area contributed by atoms with Crippen LogP contribution in [0, 0.1) is 5.82 Å². The van der Waals surface area contributed by atoms with Gasteiger partial charge in [-0.1, -0.05) is 24.3 Å². The molecule has 0 saturated heterocycles. The van der Waals surface area contributed by atoms with Crippen LogP contribution in [0.3, 0.4) is 0 Å². The first-order valence-corrected chi connectivity index (χ1v) is 6.68. The number of hydrogen-bond donors (Lipinski definition) is 1. The highest BCUT2D eigenvalue weighted by Crippen LogP contribution is 2.27. The molecule has 1 heterocycles. The van der Waals surface area contributed by atoms with Gasteiger partial charge in [0, 0.05) is 22.0 Å². The van der Waals surface area contributed by atoms with Crippen LogP contribution in [0.25, 0.3) is 11.0 Å². The third-order valence-corrected chi connectivity index (χ3v) is 3.64. The minimum atomic E-state index is -0.276. The lowest BCUT2D eigenvalue weighted by Gasteiger charge is -2.08. The third kappa shape index (κ3) is 2.36. The van der Waals surface area contributed by atoms with Crippen LogP contribution >= 0.6 is 15.9 Å². The van der Waals surface area contributed by atoms with Crippen molar-refractivity contribution in [2.75, 3.05) is 5.32 Å². The molecule has 0 radical (unpaired) electrons. The number of benzene rings is 2. The van der Waals surface area contributed by atoms with E-state index in [0.29, 0.717) is 16.7 Å². The van der Waals surface area contributed by atoms with E-state index in [1.54, 1.807) is 18.4 Å². The number of anilines is 1. The lowest BCUT2D eigenvalue weighted by atomic mass is 10.2. The summed E-state index contributed by atoms with van der Waals surface area (Å²) in [5.74, 6) is -0.276. The van der Waals surface area contributed by atoms with Crippen molar-refractivity contribution in [2.45, 2.75) is 6.54 Å². The van der Waals surface area contributed by atoms with Crippen LogP contribution < -0.4 is 5.32 Å². The van der Waals surface area contributed by atoms with Gasteiger partial charge in [-0.05, 0) is 34.1 Å². The van der Waals surface area contributed by atoms with Gasteiger partial charge in [-0.25, -0.2) is 4.39 Å². The van der Waals surface area contributed by atoms with E-state index < -0.39 is 0 Å². The summed E-state index contributed by atoms with van der Waals surface area (Å²) in [6, 6.07) is 12.7. The summed E-state index contributed by atoms with van der Waals surface area (Å²) in [4.78, 5) is 0. The van der Waals surface area contributed by atoms with Gasteiger partial charge in [0.15, 0.2) is 0 Å². The fourth-order valence-electron chi connectivity index (χ4n) is 2.02. The second-order valence-electron chi connectivity index (χ2n) is 4.21. The molecule has 1 aromatic heterocycles. The van der Waals surface area contributed by atoms with Crippen molar-refractivity contribution < 1.29 is 8.81 Å². The summed E-state index contributed by atoms with van der Waals surface area (Å²) < 4.78 is 19.8. The Kier molecular flexibility index (Phi) is 3.25. The second kappa shape index (κ2) is 5.05. The Labute approximate surface area is 118 Å². The summed E-state index contributed by atoms with van der Waals surface area (Å²) in [5, 5.41) is 4.14. The van der Waals surface area contributed by atoms with Gasteiger partial charge in [-0.3, -0.25) is 0 Å². The maximum absolute atomic E-state index is 13.7. The van der Waals surface area contributed by atoms with Crippen molar-refractivity contribution in [3.05, 3.63) is 64.6 Å². The van der Waals surface area contributed by atoms with Gasteiger partial charge in [0.2, 0.25) is 0 Å². The molecular weight excluding hydrogens is 309 g/mol. The van der Waals surface area contributed by atoms with Crippen LogP contribution in [-0.4, -0.2) is 0 Å². The molecule has 0 atom stereocenters. The van der Waals surface area contributed by atoms with Gasteiger partial charge in [-0.2, -0.15) is 0 Å². The van der Waals surface area contributed by atoms with E-state index in [0.717, 1.165) is 16.5 Å². The highest BCUT2D eigenvalue weighted by atomic mass is 79.9. The van der Waals surface area contributed by atoms with Gasteiger partial charge >= 0.3 is 0 Å². The average molecular weight is 320 g/mol. The molecule has 2 aromatic carbocycles. The normalized spacial score (nSPS) is 10.8. The first-order chi connectivity index (χ1) is 9.25. The minimum Gasteiger partial charge on any atom is -0.464 e. The Bertz CT molecular complexity index is 703. The molecule has 0 fully saturated rings. The predicted molar refractivity (Wildman–Crippen MR) is 77.6 cm³/mol. The number of halogens is 2. The zero-order valence-corrected chi connectivity index (χ0v) is 11.6. The maximum atomic E-state index is 13.7. The van der Waals surface area contributed by atoms with Gasteiger partial charge in [0.1, 0.15) is 11.4 Å². The van der Waals surface area contributed by atoms with Crippen molar-refractivity contribution in [1.29, 1.82) is 0 Å². The summed E-state index contributed by atoms with van der Waals surface area (Å²) in [5.41, 5.74) is 2.31. The number of nitrogens with one attached hydrogen (secondary N) is 1. The minimum absolute atomic E-state index is 0.276. The lowest BCUT2D eigenvalue weighted by Crippen LogP contribution is -2.01. The predicted octanol–water partition coefficient (Wildman–Crippen LogP) is 4.95. The number of para-hydroxylation sites is 2. The quantitative estimate of drug-likeness (QED) is 0.739. The molecule has 0 unspecified atom stereocenters. The van der Waals surface area contributed by atoms with Crippen LogP contribution in [0.4, 0.5) is 10.1 Å². The van der Waals surface area contributed by atoms with Gasteiger partial charge in [-0.15, -0.1) is 0 Å². The van der Waals surface area contributed by atoms with Crippen molar-refractivity contribution in [3.8, 4) is 0 Å². The molecule has 4 heteroatoms. The summed E-state index contributed by atoms with van der Waals surface area (Å²) in [7, 11) is 0. The standard InChI is InChI=1S/C15H11BrFNO/c16-12-5-3-6-13(17)15(12)18-8-10-9-19-14-7-2-1-4-11(10)14/h1-7,9,18H,8H2. The number of rotatable bonds is 3.